The molecular formula is C11H18N2O. The molecule has 0 aliphatic rings. The molecular weight excluding hydrogens is 176 g/mol. The summed E-state index contributed by atoms with van der Waals surface area (Å²) in [7, 11) is 1.74. The maximum absolute atomic E-state index is 10.4. The number of carbonyl (C=O) groups excluding carboxylic acids is 1. The van der Waals surface area contributed by atoms with Gasteiger partial charge < -0.3 is 5.73 Å². The SMILES string of the molecule is CN=CCC#CCCCCCC(N)=O. The molecule has 0 aliphatic carbocycles. The number of hydrogen-bond donors (Lipinski definition) is 1. The second kappa shape index (κ2) is 9.79. The van der Waals surface area contributed by atoms with Crippen LogP contribution in [0, 0.1) is 11.8 Å². The average molecular weight is 194 g/mol. The molecule has 2 N–H and O–H groups in total. The number of aliphatic imine (C=N–C) groups is 1. The molecule has 78 valence electrons. The molecule has 0 saturated carbocycles. The number of nitrogens with two attached hydrogens (primary N) is 1. The van der Waals surface area contributed by atoms with Crippen LogP contribution in [0.2, 0.25) is 0 Å². The first-order chi connectivity index (χ1) is 6.77. The molecule has 0 aromatic carbocycles. The molecule has 0 heterocycles. The average Bonchev–Trinajstić information content (AvgIpc) is 2.15. The van der Waals surface area contributed by atoms with E-state index in [1.807, 2.05) is 0 Å². The summed E-state index contributed by atoms with van der Waals surface area (Å²) >= 11 is 0. The van der Waals surface area contributed by atoms with Crippen molar-refractivity contribution in [1.82, 2.24) is 0 Å². The van der Waals surface area contributed by atoms with Crippen LogP contribution < -0.4 is 5.73 Å². The molecule has 1 amide bonds. The molecule has 0 bridgehead atoms. The lowest BCUT2D eigenvalue weighted by molar-refractivity contribution is -0.118. The third kappa shape index (κ3) is 10.7. The first kappa shape index (κ1) is 12.7. The highest BCUT2D eigenvalue weighted by Gasteiger charge is 1.92. The van der Waals surface area contributed by atoms with E-state index in [4.69, 9.17) is 5.73 Å². The third-order valence-electron chi connectivity index (χ3n) is 1.73. The first-order valence-corrected chi connectivity index (χ1v) is 4.92. The lowest BCUT2D eigenvalue weighted by atomic mass is 10.1. The van der Waals surface area contributed by atoms with Crippen LogP contribution in [0.15, 0.2) is 4.99 Å². The van der Waals surface area contributed by atoms with Gasteiger partial charge in [-0.05, 0) is 12.8 Å². The van der Waals surface area contributed by atoms with Crippen molar-refractivity contribution < 1.29 is 4.79 Å². The van der Waals surface area contributed by atoms with E-state index >= 15 is 0 Å². The van der Waals surface area contributed by atoms with Crippen molar-refractivity contribution in [3.63, 3.8) is 0 Å². The summed E-state index contributed by atoms with van der Waals surface area (Å²) in [4.78, 5) is 14.2. The second-order valence-corrected chi connectivity index (χ2v) is 3.03. The monoisotopic (exact) mass is 194 g/mol. The van der Waals surface area contributed by atoms with Crippen molar-refractivity contribution in [1.29, 1.82) is 0 Å². The summed E-state index contributed by atoms with van der Waals surface area (Å²) in [5, 5.41) is 0. The number of carbonyl (C=O) groups is 1. The Morgan fingerprint density at radius 1 is 1.36 bits per heavy atom. The van der Waals surface area contributed by atoms with Crippen LogP contribution in [0.3, 0.4) is 0 Å². The number of unbranched alkanes of at least 4 members (excludes halogenated alkanes) is 3. The lowest BCUT2D eigenvalue weighted by Crippen LogP contribution is -2.09. The van der Waals surface area contributed by atoms with E-state index in [-0.39, 0.29) is 5.91 Å². The Hall–Kier alpha value is -1.30. The van der Waals surface area contributed by atoms with Gasteiger partial charge in [0, 0.05) is 32.5 Å². The van der Waals surface area contributed by atoms with Gasteiger partial charge in [0.25, 0.3) is 0 Å². The Kier molecular flexibility index (Phi) is 8.88. The molecule has 0 rings (SSSR count). The quantitative estimate of drug-likeness (QED) is 0.389. The summed E-state index contributed by atoms with van der Waals surface area (Å²) in [6, 6.07) is 0. The zero-order valence-corrected chi connectivity index (χ0v) is 8.75. The molecule has 0 aromatic heterocycles. The zero-order chi connectivity index (χ0) is 10.6. The smallest absolute Gasteiger partial charge is 0.217 e. The first-order valence-electron chi connectivity index (χ1n) is 4.92. The third-order valence-corrected chi connectivity index (χ3v) is 1.73. The van der Waals surface area contributed by atoms with Crippen LogP contribution in [0.4, 0.5) is 0 Å². The summed E-state index contributed by atoms with van der Waals surface area (Å²) in [5.74, 6) is 5.83. The van der Waals surface area contributed by atoms with Crippen LogP contribution >= 0.6 is 0 Å². The summed E-state index contributed by atoms with van der Waals surface area (Å²) in [6.07, 6.45) is 6.88. The molecule has 0 unspecified atom stereocenters. The summed E-state index contributed by atoms with van der Waals surface area (Å²) in [5.41, 5.74) is 5.01. The molecule has 3 nitrogen and oxygen atoms in total. The van der Waals surface area contributed by atoms with E-state index in [0.717, 1.165) is 32.1 Å². The van der Waals surface area contributed by atoms with Gasteiger partial charge in [0.1, 0.15) is 0 Å². The predicted octanol–water partition coefficient (Wildman–Crippen LogP) is 1.52. The Morgan fingerprint density at radius 3 is 2.79 bits per heavy atom. The number of nitrogens with zero attached hydrogens (tertiary/aromatic N) is 1. The van der Waals surface area contributed by atoms with E-state index in [9.17, 15) is 4.79 Å². The molecule has 0 spiro atoms. The van der Waals surface area contributed by atoms with Crippen LogP contribution in [0.5, 0.6) is 0 Å². The lowest BCUT2D eigenvalue weighted by Gasteiger charge is -1.93. The van der Waals surface area contributed by atoms with Crippen molar-refractivity contribution >= 4 is 12.1 Å². The van der Waals surface area contributed by atoms with Gasteiger partial charge in [-0.15, -0.1) is 5.92 Å². The second-order valence-electron chi connectivity index (χ2n) is 3.03. The highest BCUT2D eigenvalue weighted by atomic mass is 16.1. The van der Waals surface area contributed by atoms with Gasteiger partial charge in [-0.25, -0.2) is 0 Å². The van der Waals surface area contributed by atoms with Gasteiger partial charge >= 0.3 is 0 Å². The van der Waals surface area contributed by atoms with Gasteiger partial charge in [0.15, 0.2) is 0 Å². The molecule has 0 aromatic rings. The van der Waals surface area contributed by atoms with E-state index in [1.54, 1.807) is 13.3 Å². The maximum atomic E-state index is 10.4. The van der Waals surface area contributed by atoms with Gasteiger partial charge in [0.05, 0.1) is 0 Å². The van der Waals surface area contributed by atoms with Gasteiger partial charge in [-0.1, -0.05) is 12.3 Å². The van der Waals surface area contributed by atoms with Gasteiger partial charge in [0.2, 0.25) is 5.91 Å². The minimum Gasteiger partial charge on any atom is -0.370 e. The Labute approximate surface area is 85.8 Å². The van der Waals surface area contributed by atoms with Crippen LogP contribution in [-0.2, 0) is 4.79 Å². The molecule has 0 radical (unpaired) electrons. The summed E-state index contributed by atoms with van der Waals surface area (Å²) < 4.78 is 0. The number of amides is 1. The number of primary amides is 1. The summed E-state index contributed by atoms with van der Waals surface area (Å²) in [6.45, 7) is 0. The molecule has 0 saturated heterocycles. The van der Waals surface area contributed by atoms with Crippen molar-refractivity contribution in [2.45, 2.75) is 38.5 Å². The van der Waals surface area contributed by atoms with E-state index in [2.05, 4.69) is 16.8 Å². The predicted molar refractivity (Wildman–Crippen MR) is 59.1 cm³/mol. The maximum Gasteiger partial charge on any atom is 0.217 e. The molecule has 0 aliphatic heterocycles. The van der Waals surface area contributed by atoms with Crippen molar-refractivity contribution in [2.24, 2.45) is 10.7 Å². The topological polar surface area (TPSA) is 55.4 Å². The minimum atomic E-state index is -0.213. The fourth-order valence-electron chi connectivity index (χ4n) is 0.987. The van der Waals surface area contributed by atoms with E-state index in [1.165, 1.54) is 0 Å². The van der Waals surface area contributed by atoms with Gasteiger partial charge in [-0.3, -0.25) is 9.79 Å². The van der Waals surface area contributed by atoms with Crippen LogP contribution in [0.1, 0.15) is 38.5 Å². The Bertz CT molecular complexity index is 235. The van der Waals surface area contributed by atoms with Crippen LogP contribution in [-0.4, -0.2) is 19.2 Å². The number of rotatable bonds is 6. The van der Waals surface area contributed by atoms with Gasteiger partial charge in [-0.2, -0.15) is 0 Å². The Balaban J connectivity index is 3.19. The van der Waals surface area contributed by atoms with Crippen molar-refractivity contribution in [3.8, 4) is 11.8 Å². The zero-order valence-electron chi connectivity index (χ0n) is 8.75. The normalized spacial score (nSPS) is 9.79. The standard InChI is InChI=1S/C11H18N2O/c1-13-10-8-6-4-2-3-5-7-9-11(12)14/h10H,2-3,5,7-9H2,1H3,(H2,12,14). The van der Waals surface area contributed by atoms with Crippen LogP contribution in [0.25, 0.3) is 0 Å². The van der Waals surface area contributed by atoms with E-state index < -0.39 is 0 Å². The molecule has 0 atom stereocenters. The van der Waals surface area contributed by atoms with Crippen molar-refractivity contribution in [2.75, 3.05) is 7.05 Å². The molecule has 0 fully saturated rings. The fraction of sp³-hybridized carbons (Fsp3) is 0.636. The Morgan fingerprint density at radius 2 is 2.14 bits per heavy atom. The highest BCUT2D eigenvalue weighted by Crippen LogP contribution is 2.01. The largest absolute Gasteiger partial charge is 0.370 e. The fourth-order valence-corrected chi connectivity index (χ4v) is 0.987. The van der Waals surface area contributed by atoms with E-state index in [0.29, 0.717) is 6.42 Å². The highest BCUT2D eigenvalue weighted by molar-refractivity contribution is 5.73. The molecule has 3 heteroatoms. The van der Waals surface area contributed by atoms with Crippen molar-refractivity contribution in [3.05, 3.63) is 0 Å². The number of hydrogen-bond acceptors (Lipinski definition) is 2. The molecule has 14 heavy (non-hydrogen) atoms. The minimum absolute atomic E-state index is 0.213.